The van der Waals surface area contributed by atoms with Crippen LogP contribution in [0.25, 0.3) is 0 Å². The van der Waals surface area contributed by atoms with Crippen LogP contribution in [-0.4, -0.2) is 19.7 Å². The molecule has 25 heavy (non-hydrogen) atoms. The number of rotatable bonds is 6. The van der Waals surface area contributed by atoms with Gasteiger partial charge in [0.1, 0.15) is 11.5 Å². The van der Waals surface area contributed by atoms with Gasteiger partial charge in [-0.1, -0.05) is 29.3 Å². The number of guanidine groups is 1. The van der Waals surface area contributed by atoms with Crippen molar-refractivity contribution in [1.29, 1.82) is 0 Å². The fourth-order valence-electron chi connectivity index (χ4n) is 2.01. The number of ether oxygens (including phenoxy) is 2. The van der Waals surface area contributed by atoms with E-state index in [1.165, 1.54) is 12.1 Å². The van der Waals surface area contributed by atoms with Gasteiger partial charge in [0.15, 0.2) is 5.96 Å². The monoisotopic (exact) mass is 389 g/mol. The van der Waals surface area contributed by atoms with Crippen molar-refractivity contribution in [1.82, 2.24) is 0 Å². The largest absolute Gasteiger partial charge is 0.497 e. The minimum absolute atomic E-state index is 0.0303. The zero-order valence-corrected chi connectivity index (χ0v) is 14.6. The quantitative estimate of drug-likeness (QED) is 0.562. The van der Waals surface area contributed by atoms with Gasteiger partial charge in [0.05, 0.1) is 18.7 Å². The first-order valence-electron chi connectivity index (χ1n) is 7.02. The summed E-state index contributed by atoms with van der Waals surface area (Å²) in [7, 11) is 1.55. The summed E-state index contributed by atoms with van der Waals surface area (Å²) in [5.74, 6) is 0.540. The van der Waals surface area contributed by atoms with Crippen molar-refractivity contribution in [3.05, 3.63) is 52.0 Å². The van der Waals surface area contributed by atoms with Crippen LogP contribution in [0.15, 0.2) is 41.4 Å². The summed E-state index contributed by atoms with van der Waals surface area (Å²) in [6.07, 6.45) is 0. The lowest BCUT2D eigenvalue weighted by Gasteiger charge is -2.12. The van der Waals surface area contributed by atoms with Crippen molar-refractivity contribution in [3.8, 4) is 11.5 Å². The lowest BCUT2D eigenvalue weighted by Crippen LogP contribution is -2.22. The second-order valence-electron chi connectivity index (χ2n) is 4.81. The SMILES string of the molecule is COc1cccc(NC(N)=NCc2cc(Cl)cc(Cl)c2OC(F)F)c1. The highest BCUT2D eigenvalue weighted by Crippen LogP contribution is 2.34. The van der Waals surface area contributed by atoms with Crippen LogP contribution in [0.1, 0.15) is 5.56 Å². The molecule has 0 radical (unpaired) electrons. The van der Waals surface area contributed by atoms with Crippen molar-refractivity contribution in [2.75, 3.05) is 12.4 Å². The standard InChI is InChI=1S/C16H15Cl2F2N3O2/c1-24-12-4-2-3-11(7-12)23-16(21)22-8-9-5-10(17)6-13(18)14(9)25-15(19)20/h2-7,15H,8H2,1H3,(H3,21,22,23). The molecule has 0 unspecified atom stereocenters. The number of benzene rings is 2. The van der Waals surface area contributed by atoms with Gasteiger partial charge in [-0.25, -0.2) is 4.99 Å². The molecule has 0 amide bonds. The summed E-state index contributed by atoms with van der Waals surface area (Å²) < 4.78 is 34.6. The molecule has 2 aromatic carbocycles. The normalized spacial score (nSPS) is 11.5. The van der Waals surface area contributed by atoms with Gasteiger partial charge in [-0.15, -0.1) is 0 Å². The Kier molecular flexibility index (Phi) is 6.66. The van der Waals surface area contributed by atoms with Crippen LogP contribution in [0.2, 0.25) is 10.0 Å². The van der Waals surface area contributed by atoms with E-state index in [1.807, 2.05) is 0 Å². The molecule has 0 atom stereocenters. The van der Waals surface area contributed by atoms with Crippen molar-refractivity contribution in [2.45, 2.75) is 13.2 Å². The number of halogens is 4. The zero-order chi connectivity index (χ0) is 18.4. The Morgan fingerprint density at radius 3 is 2.72 bits per heavy atom. The minimum atomic E-state index is -3.02. The van der Waals surface area contributed by atoms with Gasteiger partial charge in [0, 0.05) is 22.3 Å². The number of nitrogens with one attached hydrogen (secondary N) is 1. The number of aliphatic imine (C=N–C) groups is 1. The van der Waals surface area contributed by atoms with Gasteiger partial charge in [0.25, 0.3) is 0 Å². The van der Waals surface area contributed by atoms with Crippen LogP contribution in [-0.2, 0) is 6.54 Å². The van der Waals surface area contributed by atoms with Crippen molar-refractivity contribution in [2.24, 2.45) is 10.7 Å². The van der Waals surface area contributed by atoms with E-state index in [2.05, 4.69) is 15.0 Å². The second kappa shape index (κ2) is 8.73. The van der Waals surface area contributed by atoms with E-state index in [9.17, 15) is 8.78 Å². The van der Waals surface area contributed by atoms with E-state index in [0.29, 0.717) is 11.4 Å². The smallest absolute Gasteiger partial charge is 0.387 e. The van der Waals surface area contributed by atoms with Crippen molar-refractivity contribution in [3.63, 3.8) is 0 Å². The lowest BCUT2D eigenvalue weighted by atomic mass is 10.2. The summed E-state index contributed by atoms with van der Waals surface area (Å²) in [6, 6.07) is 9.80. The van der Waals surface area contributed by atoms with Crippen LogP contribution in [0.5, 0.6) is 11.5 Å². The first-order valence-corrected chi connectivity index (χ1v) is 7.78. The summed E-state index contributed by atoms with van der Waals surface area (Å²) in [4.78, 5) is 4.10. The number of methoxy groups -OCH3 is 1. The molecular weight excluding hydrogens is 375 g/mol. The molecule has 3 N–H and O–H groups in total. The molecule has 0 aliphatic carbocycles. The fraction of sp³-hybridized carbons (Fsp3) is 0.188. The van der Waals surface area contributed by atoms with Crippen LogP contribution < -0.4 is 20.5 Å². The molecule has 0 fully saturated rings. The summed E-state index contributed by atoms with van der Waals surface area (Å²) in [6.45, 7) is -3.07. The third-order valence-electron chi connectivity index (χ3n) is 3.05. The Morgan fingerprint density at radius 2 is 2.04 bits per heavy atom. The molecule has 0 aliphatic rings. The predicted molar refractivity (Wildman–Crippen MR) is 95.0 cm³/mol. The molecule has 9 heteroatoms. The highest BCUT2D eigenvalue weighted by Gasteiger charge is 2.15. The first kappa shape index (κ1) is 19.1. The van der Waals surface area contributed by atoms with Gasteiger partial charge in [-0.2, -0.15) is 8.78 Å². The molecule has 134 valence electrons. The highest BCUT2D eigenvalue weighted by atomic mass is 35.5. The summed E-state index contributed by atoms with van der Waals surface area (Å²) in [5.41, 5.74) is 6.76. The van der Waals surface area contributed by atoms with E-state index >= 15 is 0 Å². The molecule has 5 nitrogen and oxygen atoms in total. The molecule has 0 bridgehead atoms. The average Bonchev–Trinajstić information content (AvgIpc) is 2.55. The average molecular weight is 390 g/mol. The van der Waals surface area contributed by atoms with Crippen LogP contribution in [0.3, 0.4) is 0 Å². The minimum Gasteiger partial charge on any atom is -0.497 e. The zero-order valence-electron chi connectivity index (χ0n) is 13.1. The number of alkyl halides is 2. The van der Waals surface area contributed by atoms with Gasteiger partial charge in [-0.3, -0.25) is 0 Å². The van der Waals surface area contributed by atoms with E-state index in [1.54, 1.807) is 31.4 Å². The lowest BCUT2D eigenvalue weighted by molar-refractivity contribution is -0.0503. The number of nitrogens with zero attached hydrogens (tertiary/aromatic N) is 1. The van der Waals surface area contributed by atoms with E-state index in [-0.39, 0.29) is 33.9 Å². The van der Waals surface area contributed by atoms with Gasteiger partial charge < -0.3 is 20.5 Å². The van der Waals surface area contributed by atoms with E-state index < -0.39 is 6.61 Å². The number of hydrogen-bond acceptors (Lipinski definition) is 3. The third-order valence-corrected chi connectivity index (χ3v) is 3.55. The molecule has 0 saturated carbocycles. The maximum absolute atomic E-state index is 12.5. The molecule has 0 spiro atoms. The van der Waals surface area contributed by atoms with Crippen LogP contribution in [0.4, 0.5) is 14.5 Å². The fourth-order valence-corrected chi connectivity index (χ4v) is 2.59. The van der Waals surface area contributed by atoms with Gasteiger partial charge in [0.2, 0.25) is 0 Å². The van der Waals surface area contributed by atoms with E-state index in [0.717, 1.165) is 0 Å². The topological polar surface area (TPSA) is 68.9 Å². The maximum atomic E-state index is 12.5. The Labute approximate surface area is 153 Å². The Balaban J connectivity index is 2.16. The predicted octanol–water partition coefficient (Wildman–Crippen LogP) is 4.53. The molecular formula is C16H15Cl2F2N3O2. The second-order valence-corrected chi connectivity index (χ2v) is 5.66. The molecule has 0 aromatic heterocycles. The molecule has 0 aliphatic heterocycles. The van der Waals surface area contributed by atoms with Crippen molar-refractivity contribution >= 4 is 34.8 Å². The van der Waals surface area contributed by atoms with Crippen LogP contribution in [0, 0.1) is 0 Å². The summed E-state index contributed by atoms with van der Waals surface area (Å²) >= 11 is 11.8. The Hall–Kier alpha value is -2.25. The summed E-state index contributed by atoms with van der Waals surface area (Å²) in [5, 5.41) is 3.11. The maximum Gasteiger partial charge on any atom is 0.387 e. The third kappa shape index (κ3) is 5.65. The molecule has 2 aromatic rings. The Morgan fingerprint density at radius 1 is 1.28 bits per heavy atom. The van der Waals surface area contributed by atoms with E-state index in [4.69, 9.17) is 33.7 Å². The molecule has 0 heterocycles. The number of anilines is 1. The first-order chi connectivity index (χ1) is 11.9. The molecule has 0 saturated heterocycles. The molecule has 2 rings (SSSR count). The highest BCUT2D eigenvalue weighted by molar-refractivity contribution is 6.35. The Bertz CT molecular complexity index is 773. The van der Waals surface area contributed by atoms with Gasteiger partial charge in [-0.05, 0) is 24.3 Å². The number of nitrogens with two attached hydrogens (primary N) is 1. The number of hydrogen-bond donors (Lipinski definition) is 2. The van der Waals surface area contributed by atoms with Gasteiger partial charge >= 0.3 is 6.61 Å². The van der Waals surface area contributed by atoms with Crippen LogP contribution >= 0.6 is 23.2 Å². The van der Waals surface area contributed by atoms with Crippen molar-refractivity contribution < 1.29 is 18.3 Å².